The van der Waals surface area contributed by atoms with E-state index in [4.69, 9.17) is 11.6 Å². The topological polar surface area (TPSA) is 25.2 Å². The number of hydrogen-bond donors (Lipinski definition) is 0. The van der Waals surface area contributed by atoms with Gasteiger partial charge in [0.25, 0.3) is 0 Å². The largest absolute Gasteiger partial charge is 0.249 e. The van der Waals surface area contributed by atoms with Gasteiger partial charge < -0.3 is 0 Å². The molecule has 0 atom stereocenters. The van der Waals surface area contributed by atoms with Crippen LogP contribution in [0.15, 0.2) is 57.5 Å². The van der Waals surface area contributed by atoms with Gasteiger partial charge >= 0.3 is 0 Å². The van der Waals surface area contributed by atoms with Crippen LogP contribution in [0.25, 0.3) is 0 Å². The van der Waals surface area contributed by atoms with Crippen LogP contribution in [-0.2, 0) is 0 Å². The van der Waals surface area contributed by atoms with Crippen LogP contribution >= 0.6 is 23.4 Å². The van der Waals surface area contributed by atoms with Gasteiger partial charge in [0.15, 0.2) is 0 Å². The minimum Gasteiger partial charge on any atom is -0.249 e. The van der Waals surface area contributed by atoms with Crippen molar-refractivity contribution in [2.24, 2.45) is 4.99 Å². The van der Waals surface area contributed by atoms with Crippen LogP contribution in [0.5, 0.6) is 0 Å². The average molecular weight is 247 g/mol. The molecule has 3 rings (SSSR count). The third-order valence-corrected chi connectivity index (χ3v) is 3.66. The second-order valence-electron chi connectivity index (χ2n) is 3.33. The number of aliphatic imine (C=N–C) groups is 1. The van der Waals surface area contributed by atoms with E-state index in [1.54, 1.807) is 18.0 Å². The Morgan fingerprint density at radius 1 is 1.06 bits per heavy atom. The molecule has 16 heavy (non-hydrogen) atoms. The lowest BCUT2D eigenvalue weighted by molar-refractivity contribution is 1.12. The van der Waals surface area contributed by atoms with Gasteiger partial charge in [-0.3, -0.25) is 0 Å². The summed E-state index contributed by atoms with van der Waals surface area (Å²) in [5.74, 6) is 0. The molecule has 0 bridgehead atoms. The van der Waals surface area contributed by atoms with Gasteiger partial charge in [0.1, 0.15) is 10.2 Å². The van der Waals surface area contributed by atoms with E-state index < -0.39 is 0 Å². The Morgan fingerprint density at radius 2 is 1.94 bits per heavy atom. The highest BCUT2D eigenvalue weighted by Gasteiger charge is 2.15. The van der Waals surface area contributed by atoms with Crippen LogP contribution < -0.4 is 0 Å². The molecule has 4 heteroatoms. The molecule has 0 unspecified atom stereocenters. The van der Waals surface area contributed by atoms with E-state index in [0.29, 0.717) is 5.17 Å². The van der Waals surface area contributed by atoms with Gasteiger partial charge in [-0.2, -0.15) is 0 Å². The Kier molecular flexibility index (Phi) is 2.42. The molecule has 2 aromatic rings. The van der Waals surface area contributed by atoms with Crippen LogP contribution in [0, 0.1) is 0 Å². The second kappa shape index (κ2) is 3.92. The van der Waals surface area contributed by atoms with Crippen LogP contribution in [0.1, 0.15) is 5.56 Å². The molecular formula is C12H7ClN2S. The number of nitrogens with zero attached hydrogens (tertiary/aromatic N) is 2. The van der Waals surface area contributed by atoms with Crippen molar-refractivity contribution in [3.05, 3.63) is 48.2 Å². The highest BCUT2D eigenvalue weighted by atomic mass is 35.5. The van der Waals surface area contributed by atoms with Gasteiger partial charge in [0.2, 0.25) is 0 Å². The molecule has 78 valence electrons. The van der Waals surface area contributed by atoms with E-state index in [2.05, 4.69) is 9.98 Å². The summed E-state index contributed by atoms with van der Waals surface area (Å²) in [7, 11) is 0. The number of rotatable bonds is 0. The number of halogens is 1. The van der Waals surface area contributed by atoms with Gasteiger partial charge in [-0.25, -0.2) is 9.98 Å². The van der Waals surface area contributed by atoms with Gasteiger partial charge in [-0.15, -0.1) is 0 Å². The van der Waals surface area contributed by atoms with Crippen molar-refractivity contribution >= 4 is 34.2 Å². The molecule has 0 spiro atoms. The molecule has 0 saturated heterocycles. The molecule has 0 aliphatic carbocycles. The lowest BCUT2D eigenvalue weighted by Gasteiger charge is -2.02. The first-order valence-electron chi connectivity index (χ1n) is 4.81. The first kappa shape index (κ1) is 9.87. The summed E-state index contributed by atoms with van der Waals surface area (Å²) in [5.41, 5.74) is 1.79. The molecule has 1 aliphatic heterocycles. The van der Waals surface area contributed by atoms with Gasteiger partial charge in [0, 0.05) is 16.7 Å². The Balaban J connectivity index is 2.25. The summed E-state index contributed by atoms with van der Waals surface area (Å²) in [6.45, 7) is 0. The van der Waals surface area contributed by atoms with E-state index in [0.717, 1.165) is 21.2 Å². The second-order valence-corrected chi connectivity index (χ2v) is 4.72. The zero-order valence-electron chi connectivity index (χ0n) is 8.22. The number of hydrogen-bond acceptors (Lipinski definition) is 3. The summed E-state index contributed by atoms with van der Waals surface area (Å²) >= 11 is 7.77. The maximum absolute atomic E-state index is 6.18. The number of fused-ring (bicyclic) bond motifs is 2. The molecule has 1 aromatic heterocycles. The fourth-order valence-electron chi connectivity index (χ4n) is 1.54. The normalized spacial score (nSPS) is 13.4. The third-order valence-electron chi connectivity index (χ3n) is 2.28. The maximum atomic E-state index is 6.18. The highest BCUT2D eigenvalue weighted by Crippen LogP contribution is 2.39. The molecule has 0 N–H and O–H groups in total. The van der Waals surface area contributed by atoms with E-state index in [1.165, 1.54) is 0 Å². The molecule has 2 nitrogen and oxygen atoms in total. The number of para-hydroxylation sites is 1. The monoisotopic (exact) mass is 246 g/mol. The molecule has 0 saturated carbocycles. The minimum atomic E-state index is 0.501. The molecular weight excluding hydrogens is 240 g/mol. The number of pyridine rings is 1. The summed E-state index contributed by atoms with van der Waals surface area (Å²) in [6.07, 6.45) is 1.77. The Morgan fingerprint density at radius 3 is 2.88 bits per heavy atom. The van der Waals surface area contributed by atoms with Gasteiger partial charge in [-0.05, 0) is 24.3 Å². The molecule has 1 aromatic carbocycles. The summed E-state index contributed by atoms with van der Waals surface area (Å²) in [5, 5.41) is 1.40. The van der Waals surface area contributed by atoms with Gasteiger partial charge in [-0.1, -0.05) is 35.5 Å². The van der Waals surface area contributed by atoms with Crippen LogP contribution in [0.3, 0.4) is 0 Å². The fraction of sp³-hybridized carbons (Fsp3) is 0. The van der Waals surface area contributed by atoms with E-state index in [9.17, 15) is 0 Å². The zero-order chi connectivity index (χ0) is 11.0. The van der Waals surface area contributed by atoms with Crippen LogP contribution in [-0.4, -0.2) is 10.2 Å². The SMILES string of the molecule is ClC1=Nc2ccccc2Sc2ncccc21. The first-order valence-corrected chi connectivity index (χ1v) is 6.00. The molecule has 0 amide bonds. The maximum Gasteiger partial charge on any atom is 0.139 e. The summed E-state index contributed by atoms with van der Waals surface area (Å²) in [6, 6.07) is 11.7. The van der Waals surface area contributed by atoms with Crippen LogP contribution in [0.2, 0.25) is 0 Å². The predicted molar refractivity (Wildman–Crippen MR) is 66.9 cm³/mol. The first-order chi connectivity index (χ1) is 7.84. The van der Waals surface area contributed by atoms with Crippen molar-refractivity contribution in [3.8, 4) is 0 Å². The zero-order valence-corrected chi connectivity index (χ0v) is 9.79. The molecule has 1 aliphatic rings. The van der Waals surface area contributed by atoms with E-state index >= 15 is 0 Å². The Labute approximate surface area is 102 Å². The van der Waals surface area contributed by atoms with Crippen molar-refractivity contribution in [2.45, 2.75) is 9.92 Å². The minimum absolute atomic E-state index is 0.501. The Hall–Kier alpha value is -1.32. The lowest BCUT2D eigenvalue weighted by atomic mass is 10.3. The quantitative estimate of drug-likeness (QED) is 0.705. The number of benzene rings is 1. The third kappa shape index (κ3) is 1.62. The van der Waals surface area contributed by atoms with Crippen molar-refractivity contribution in [1.82, 2.24) is 4.98 Å². The van der Waals surface area contributed by atoms with E-state index in [-0.39, 0.29) is 0 Å². The van der Waals surface area contributed by atoms with Crippen molar-refractivity contribution < 1.29 is 0 Å². The van der Waals surface area contributed by atoms with Gasteiger partial charge in [0.05, 0.1) is 5.69 Å². The highest BCUT2D eigenvalue weighted by molar-refractivity contribution is 7.99. The number of aromatic nitrogens is 1. The Bertz CT molecular complexity index is 581. The summed E-state index contributed by atoms with van der Waals surface area (Å²) in [4.78, 5) is 9.81. The molecule has 0 fully saturated rings. The average Bonchev–Trinajstić information content (AvgIpc) is 2.45. The van der Waals surface area contributed by atoms with Crippen molar-refractivity contribution in [2.75, 3.05) is 0 Å². The van der Waals surface area contributed by atoms with Crippen molar-refractivity contribution in [3.63, 3.8) is 0 Å². The lowest BCUT2D eigenvalue weighted by Crippen LogP contribution is -1.93. The molecule has 0 radical (unpaired) electrons. The molecule has 2 heterocycles. The predicted octanol–water partition coefficient (Wildman–Crippen LogP) is 3.86. The van der Waals surface area contributed by atoms with E-state index in [1.807, 2.05) is 36.4 Å². The smallest absolute Gasteiger partial charge is 0.139 e. The summed E-state index contributed by atoms with van der Waals surface area (Å²) < 4.78 is 0. The fourth-order valence-corrected chi connectivity index (χ4v) is 2.80. The standard InChI is InChI=1S/C12H7ClN2S/c13-11-8-4-3-7-14-12(8)16-10-6-2-1-5-9(10)15-11/h1-7H. The van der Waals surface area contributed by atoms with Crippen LogP contribution in [0.4, 0.5) is 5.69 Å². The van der Waals surface area contributed by atoms with Crippen molar-refractivity contribution in [1.29, 1.82) is 0 Å².